The topological polar surface area (TPSA) is 105 Å². The Balaban J connectivity index is 2.10. The van der Waals surface area contributed by atoms with Crippen LogP contribution in [0.25, 0.3) is 0 Å². The normalized spacial score (nSPS) is 18.3. The summed E-state index contributed by atoms with van der Waals surface area (Å²) in [7, 11) is 0. The molecule has 0 spiro atoms. The Morgan fingerprint density at radius 1 is 1.38 bits per heavy atom. The molecule has 0 saturated carbocycles. The molecule has 1 fully saturated rings. The lowest BCUT2D eigenvalue weighted by Gasteiger charge is -2.34. The van der Waals surface area contributed by atoms with Gasteiger partial charge in [-0.15, -0.1) is 0 Å². The van der Waals surface area contributed by atoms with Gasteiger partial charge in [0.15, 0.2) is 5.54 Å². The summed E-state index contributed by atoms with van der Waals surface area (Å²) in [6.07, 6.45) is 5.70. The van der Waals surface area contributed by atoms with Crippen molar-refractivity contribution >= 4 is 23.5 Å². The molecule has 0 aliphatic carbocycles. The molecule has 8 heteroatoms. The molecule has 0 aromatic carbocycles. The van der Waals surface area contributed by atoms with E-state index in [-0.39, 0.29) is 11.8 Å². The van der Waals surface area contributed by atoms with E-state index in [1.807, 2.05) is 0 Å². The molecule has 0 bridgehead atoms. The van der Waals surface area contributed by atoms with Crippen molar-refractivity contribution in [2.45, 2.75) is 58.0 Å². The van der Waals surface area contributed by atoms with E-state index in [1.165, 1.54) is 30.9 Å². The van der Waals surface area contributed by atoms with Crippen LogP contribution in [0.15, 0.2) is 12.4 Å². The zero-order valence-corrected chi connectivity index (χ0v) is 14.3. The average molecular weight is 336 g/mol. The summed E-state index contributed by atoms with van der Waals surface area (Å²) in [4.78, 5) is 37.4. The van der Waals surface area contributed by atoms with Crippen molar-refractivity contribution in [1.29, 1.82) is 0 Å². The molecule has 2 rings (SSSR count). The minimum absolute atomic E-state index is 0.0300. The third-order valence-corrected chi connectivity index (χ3v) is 4.37. The van der Waals surface area contributed by atoms with Crippen molar-refractivity contribution in [1.82, 2.24) is 14.7 Å². The predicted molar refractivity (Wildman–Crippen MR) is 87.5 cm³/mol. The number of carbonyl (C=O) groups excluding carboxylic acids is 2. The number of hydrogen-bond acceptors (Lipinski definition) is 4. The van der Waals surface area contributed by atoms with Crippen LogP contribution in [0.5, 0.6) is 0 Å². The van der Waals surface area contributed by atoms with Crippen molar-refractivity contribution in [3.8, 4) is 0 Å². The van der Waals surface area contributed by atoms with Crippen molar-refractivity contribution < 1.29 is 19.5 Å². The number of amides is 2. The number of carboxylic acids is 1. The number of piperidine rings is 1. The number of carboxylic acid groups (broad SMARTS) is 1. The Bertz CT molecular complexity index is 638. The molecule has 1 aromatic heterocycles. The Labute approximate surface area is 140 Å². The van der Waals surface area contributed by atoms with E-state index in [4.69, 9.17) is 0 Å². The summed E-state index contributed by atoms with van der Waals surface area (Å²) in [5, 5.41) is 16.0. The summed E-state index contributed by atoms with van der Waals surface area (Å²) in [5.41, 5.74) is -0.790. The van der Waals surface area contributed by atoms with Crippen LogP contribution in [-0.4, -0.2) is 50.2 Å². The van der Waals surface area contributed by atoms with Crippen LogP contribution in [-0.2, 0) is 19.9 Å². The maximum atomic E-state index is 12.5. The monoisotopic (exact) mass is 336 g/mol. The number of likely N-dealkylation sites (tertiary alicyclic amines) is 1. The van der Waals surface area contributed by atoms with Gasteiger partial charge in [-0.05, 0) is 33.1 Å². The van der Waals surface area contributed by atoms with Crippen molar-refractivity contribution in [2.24, 2.45) is 0 Å². The molecule has 1 atom stereocenters. The van der Waals surface area contributed by atoms with Crippen molar-refractivity contribution in [2.75, 3.05) is 11.9 Å². The predicted octanol–water partition coefficient (Wildman–Crippen LogP) is 1.43. The maximum absolute atomic E-state index is 12.5. The smallest absolute Gasteiger partial charge is 0.331 e. The van der Waals surface area contributed by atoms with Crippen molar-refractivity contribution in [3.63, 3.8) is 0 Å². The standard InChI is InChI=1S/C16H24N4O4/c1-4-13(21)19-8-6-5-7-12(19)14(22)18-11-9-17-20(10-11)16(2,3)15(23)24/h9-10,12H,4-8H2,1-3H3,(H,18,22)(H,23,24). The molecule has 2 N–H and O–H groups in total. The van der Waals surface area contributed by atoms with Gasteiger partial charge in [0.1, 0.15) is 6.04 Å². The van der Waals surface area contributed by atoms with Gasteiger partial charge >= 0.3 is 5.97 Å². The largest absolute Gasteiger partial charge is 0.479 e. The third kappa shape index (κ3) is 3.58. The first-order chi connectivity index (χ1) is 11.3. The molecular weight excluding hydrogens is 312 g/mol. The minimum Gasteiger partial charge on any atom is -0.479 e. The van der Waals surface area contributed by atoms with Crippen molar-refractivity contribution in [3.05, 3.63) is 12.4 Å². The highest BCUT2D eigenvalue weighted by Gasteiger charge is 2.33. The van der Waals surface area contributed by atoms with Crippen LogP contribution in [0.1, 0.15) is 46.5 Å². The molecule has 24 heavy (non-hydrogen) atoms. The second-order valence-corrected chi connectivity index (χ2v) is 6.48. The van der Waals surface area contributed by atoms with Gasteiger partial charge < -0.3 is 15.3 Å². The Morgan fingerprint density at radius 3 is 2.71 bits per heavy atom. The lowest BCUT2D eigenvalue weighted by molar-refractivity contribution is -0.146. The van der Waals surface area contributed by atoms with Gasteiger partial charge in [-0.1, -0.05) is 6.92 Å². The molecule has 0 radical (unpaired) electrons. The van der Waals surface area contributed by atoms with E-state index < -0.39 is 17.6 Å². The highest BCUT2D eigenvalue weighted by molar-refractivity contribution is 5.97. The maximum Gasteiger partial charge on any atom is 0.331 e. The molecule has 1 unspecified atom stereocenters. The Hall–Kier alpha value is -2.38. The van der Waals surface area contributed by atoms with Crippen LogP contribution in [0, 0.1) is 0 Å². The Morgan fingerprint density at radius 2 is 2.08 bits per heavy atom. The number of rotatable bonds is 5. The fourth-order valence-electron chi connectivity index (χ4n) is 2.72. The lowest BCUT2D eigenvalue weighted by Crippen LogP contribution is -2.49. The van der Waals surface area contributed by atoms with Crippen LogP contribution >= 0.6 is 0 Å². The SMILES string of the molecule is CCC(=O)N1CCCCC1C(=O)Nc1cnn(C(C)(C)C(=O)O)c1. The minimum atomic E-state index is -1.21. The van der Waals surface area contributed by atoms with Gasteiger partial charge in [0.05, 0.1) is 11.9 Å². The summed E-state index contributed by atoms with van der Waals surface area (Å²) in [6.45, 7) is 5.42. The first-order valence-electron chi connectivity index (χ1n) is 8.16. The number of carbonyl (C=O) groups is 3. The summed E-state index contributed by atoms with van der Waals surface area (Å²) in [6, 6.07) is -0.484. The number of anilines is 1. The van der Waals surface area contributed by atoms with E-state index in [0.29, 0.717) is 25.1 Å². The van der Waals surface area contributed by atoms with Crippen LogP contribution in [0.3, 0.4) is 0 Å². The molecule has 2 amide bonds. The molecule has 1 aliphatic rings. The number of aromatic nitrogens is 2. The zero-order chi connectivity index (χ0) is 17.9. The van der Waals surface area contributed by atoms with E-state index in [2.05, 4.69) is 10.4 Å². The third-order valence-electron chi connectivity index (χ3n) is 4.37. The highest BCUT2D eigenvalue weighted by Crippen LogP contribution is 2.21. The van der Waals surface area contributed by atoms with E-state index in [1.54, 1.807) is 11.8 Å². The molecule has 1 aromatic rings. The number of aliphatic carboxylic acids is 1. The second kappa shape index (κ2) is 7.02. The van der Waals surface area contributed by atoms with Gasteiger partial charge in [-0.25, -0.2) is 4.79 Å². The van der Waals surface area contributed by atoms with Crippen LogP contribution in [0.2, 0.25) is 0 Å². The van der Waals surface area contributed by atoms with E-state index >= 15 is 0 Å². The van der Waals surface area contributed by atoms with Gasteiger partial charge in [0, 0.05) is 19.2 Å². The number of nitrogens with zero attached hydrogens (tertiary/aromatic N) is 3. The fraction of sp³-hybridized carbons (Fsp3) is 0.625. The molecule has 8 nitrogen and oxygen atoms in total. The zero-order valence-electron chi connectivity index (χ0n) is 14.3. The van der Waals surface area contributed by atoms with Gasteiger partial charge in [-0.2, -0.15) is 5.10 Å². The fourth-order valence-corrected chi connectivity index (χ4v) is 2.72. The summed E-state index contributed by atoms with van der Waals surface area (Å²) >= 11 is 0. The first kappa shape index (κ1) is 18.0. The van der Waals surface area contributed by atoms with Gasteiger partial charge in [-0.3, -0.25) is 14.3 Å². The Kier molecular flexibility index (Phi) is 5.26. The average Bonchev–Trinajstić information content (AvgIpc) is 3.03. The summed E-state index contributed by atoms with van der Waals surface area (Å²) < 4.78 is 1.29. The van der Waals surface area contributed by atoms with E-state index in [9.17, 15) is 19.5 Å². The second-order valence-electron chi connectivity index (χ2n) is 6.48. The van der Waals surface area contributed by atoms with Gasteiger partial charge in [0.25, 0.3) is 0 Å². The molecular formula is C16H24N4O4. The number of hydrogen-bond donors (Lipinski definition) is 2. The highest BCUT2D eigenvalue weighted by atomic mass is 16.4. The molecule has 1 saturated heterocycles. The quantitative estimate of drug-likeness (QED) is 0.846. The molecule has 1 aliphatic heterocycles. The molecule has 132 valence electrons. The van der Waals surface area contributed by atoms with Crippen LogP contribution in [0.4, 0.5) is 5.69 Å². The summed E-state index contributed by atoms with van der Waals surface area (Å²) in [5.74, 6) is -1.31. The molecule has 2 heterocycles. The lowest BCUT2D eigenvalue weighted by atomic mass is 10.0. The number of nitrogens with one attached hydrogen (secondary N) is 1. The van der Waals surface area contributed by atoms with E-state index in [0.717, 1.165) is 12.8 Å². The van der Waals surface area contributed by atoms with Crippen LogP contribution < -0.4 is 5.32 Å². The van der Waals surface area contributed by atoms with Gasteiger partial charge in [0.2, 0.25) is 11.8 Å². The first-order valence-corrected chi connectivity index (χ1v) is 8.16.